The smallest absolute Gasteiger partial charge is 0.408 e. The molecule has 1 saturated carbocycles. The molecule has 41 heavy (non-hydrogen) atoms. The van der Waals surface area contributed by atoms with E-state index in [1.807, 2.05) is 37.3 Å². The van der Waals surface area contributed by atoms with Crippen LogP contribution in [0.15, 0.2) is 48.5 Å². The molecule has 11 heteroatoms. The van der Waals surface area contributed by atoms with Gasteiger partial charge < -0.3 is 20.3 Å². The number of rotatable bonds is 9. The molecule has 2 N–H and O–H groups in total. The molecule has 3 amide bonds. The van der Waals surface area contributed by atoms with Crippen molar-refractivity contribution < 1.29 is 28.7 Å². The van der Waals surface area contributed by atoms with E-state index >= 15 is 0 Å². The number of nitrogens with zero attached hydrogens (tertiary/aromatic N) is 1. The van der Waals surface area contributed by atoms with Gasteiger partial charge in [-0.05, 0) is 49.4 Å². The van der Waals surface area contributed by atoms with Gasteiger partial charge in [0, 0.05) is 38.9 Å². The third kappa shape index (κ3) is 7.45. The van der Waals surface area contributed by atoms with Crippen LogP contribution in [0.25, 0.3) is 0 Å². The molecule has 2 aliphatic rings. The van der Waals surface area contributed by atoms with E-state index in [9.17, 15) is 24.0 Å². The zero-order valence-corrected chi connectivity index (χ0v) is 24.3. The molecule has 0 aromatic heterocycles. The van der Waals surface area contributed by atoms with Gasteiger partial charge in [0.1, 0.15) is 6.04 Å². The number of hydrogen-bond acceptors (Lipinski definition) is 6. The Morgan fingerprint density at radius 2 is 1.73 bits per heavy atom. The first kappa shape index (κ1) is 30.5. The van der Waals surface area contributed by atoms with E-state index in [1.165, 1.54) is 0 Å². The maximum atomic E-state index is 14.0. The summed E-state index contributed by atoms with van der Waals surface area (Å²) in [6.45, 7) is 2.85. The third-order valence-corrected chi connectivity index (χ3v) is 8.27. The van der Waals surface area contributed by atoms with E-state index in [0.717, 1.165) is 5.56 Å². The average molecular weight is 603 g/mol. The van der Waals surface area contributed by atoms with Crippen molar-refractivity contribution in [1.82, 2.24) is 15.5 Å². The zero-order valence-electron chi connectivity index (χ0n) is 22.8. The summed E-state index contributed by atoms with van der Waals surface area (Å²) < 4.78 is 5.14. The molecule has 9 nitrogen and oxygen atoms in total. The summed E-state index contributed by atoms with van der Waals surface area (Å²) in [6, 6.07) is 13.4. The van der Waals surface area contributed by atoms with Crippen LogP contribution >= 0.6 is 23.2 Å². The first-order valence-electron chi connectivity index (χ1n) is 13.7. The SMILES string of the molecule is CCNC(=O)[C@]1(Cc2ccccc2)CCCN(C(=O)C(Cc2ccc(Cl)c(Cl)c2)NC(=O)OC2C(=O)CCC2=O)C1. The van der Waals surface area contributed by atoms with Gasteiger partial charge in [-0.3, -0.25) is 19.2 Å². The second-order valence-corrected chi connectivity index (χ2v) is 11.3. The number of benzene rings is 2. The second-order valence-electron chi connectivity index (χ2n) is 10.5. The number of nitrogens with one attached hydrogen (secondary N) is 2. The number of halogens is 2. The van der Waals surface area contributed by atoms with Gasteiger partial charge >= 0.3 is 6.09 Å². The standard InChI is InChI=1S/C30H33Cl2N3O6/c1-2-33-28(39)30(17-19-7-4-3-5-8-19)13-6-14-35(18-30)27(38)23(16-20-9-10-21(31)22(32)15-20)34-29(40)41-26-24(36)11-12-25(26)37/h3-5,7-10,15,23,26H,2,6,11-14,16-18H2,1H3,(H,33,39)(H,34,40)/t23?,30-/m0/s1. The predicted octanol–water partition coefficient (Wildman–Crippen LogP) is 3.92. The van der Waals surface area contributed by atoms with Gasteiger partial charge in [-0.25, -0.2) is 4.79 Å². The fourth-order valence-corrected chi connectivity index (χ4v) is 5.81. The van der Waals surface area contributed by atoms with Crippen molar-refractivity contribution >= 4 is 52.7 Å². The second kappa shape index (κ2) is 13.5. The molecule has 2 fully saturated rings. The predicted molar refractivity (Wildman–Crippen MR) is 154 cm³/mol. The summed E-state index contributed by atoms with van der Waals surface area (Å²) in [5.41, 5.74) is 0.748. The number of ketones is 2. The van der Waals surface area contributed by atoms with Crippen LogP contribution in [0.5, 0.6) is 0 Å². The van der Waals surface area contributed by atoms with Crippen LogP contribution in [0.3, 0.4) is 0 Å². The van der Waals surface area contributed by atoms with Gasteiger partial charge in [0.2, 0.25) is 17.9 Å². The molecule has 2 aromatic carbocycles. The molecular formula is C30H33Cl2N3O6. The monoisotopic (exact) mass is 601 g/mol. The molecule has 0 bridgehead atoms. The number of carbonyl (C=O) groups is 5. The molecule has 4 rings (SSSR count). The van der Waals surface area contributed by atoms with E-state index in [-0.39, 0.29) is 36.7 Å². The molecule has 1 saturated heterocycles. The lowest BCUT2D eigenvalue weighted by Crippen LogP contribution is -2.58. The van der Waals surface area contributed by atoms with Gasteiger partial charge in [-0.15, -0.1) is 0 Å². The van der Waals surface area contributed by atoms with E-state index < -0.39 is 41.1 Å². The minimum absolute atomic E-state index is 0.0134. The van der Waals surface area contributed by atoms with Crippen molar-refractivity contribution in [3.8, 4) is 0 Å². The molecule has 2 atom stereocenters. The summed E-state index contributed by atoms with van der Waals surface area (Å²) in [6.07, 6.45) is -0.821. The van der Waals surface area contributed by atoms with Crippen LogP contribution in [0, 0.1) is 5.41 Å². The molecule has 218 valence electrons. The quantitative estimate of drug-likeness (QED) is 0.420. The molecular weight excluding hydrogens is 569 g/mol. The summed E-state index contributed by atoms with van der Waals surface area (Å²) in [4.78, 5) is 65.9. The first-order chi connectivity index (χ1) is 19.6. The highest BCUT2D eigenvalue weighted by molar-refractivity contribution is 6.42. The number of amides is 3. The highest BCUT2D eigenvalue weighted by Gasteiger charge is 2.45. The number of ether oxygens (including phenoxy) is 1. The van der Waals surface area contributed by atoms with Gasteiger partial charge in [0.05, 0.1) is 15.5 Å². The topological polar surface area (TPSA) is 122 Å². The van der Waals surface area contributed by atoms with E-state index in [0.29, 0.717) is 42.9 Å². The molecule has 2 aromatic rings. The minimum Gasteiger partial charge on any atom is -0.430 e. The number of piperidine rings is 1. The van der Waals surface area contributed by atoms with Crippen LogP contribution in [-0.2, 0) is 36.8 Å². The fourth-order valence-electron chi connectivity index (χ4n) is 5.49. The number of Topliss-reactive ketones (excluding diaryl/α,β-unsaturated/α-hetero) is 2. The van der Waals surface area contributed by atoms with Crippen molar-refractivity contribution in [2.75, 3.05) is 19.6 Å². The van der Waals surface area contributed by atoms with Gasteiger partial charge in [0.15, 0.2) is 11.6 Å². The van der Waals surface area contributed by atoms with Gasteiger partial charge in [-0.1, -0.05) is 59.6 Å². The summed E-state index contributed by atoms with van der Waals surface area (Å²) in [5.74, 6) is -1.49. The molecule has 0 radical (unpaired) electrons. The number of hydrogen-bond donors (Lipinski definition) is 2. The lowest BCUT2D eigenvalue weighted by molar-refractivity contribution is -0.142. The Balaban J connectivity index is 1.58. The largest absolute Gasteiger partial charge is 0.430 e. The summed E-state index contributed by atoms with van der Waals surface area (Å²) in [5, 5.41) is 6.13. The Morgan fingerprint density at radius 1 is 1.02 bits per heavy atom. The van der Waals surface area contributed by atoms with E-state index in [2.05, 4.69) is 10.6 Å². The maximum absolute atomic E-state index is 14.0. The molecule has 1 aliphatic heterocycles. The summed E-state index contributed by atoms with van der Waals surface area (Å²) in [7, 11) is 0. The normalized spacial score (nSPS) is 20.0. The average Bonchev–Trinajstić information content (AvgIpc) is 3.27. The van der Waals surface area contributed by atoms with Gasteiger partial charge in [-0.2, -0.15) is 0 Å². The van der Waals surface area contributed by atoms with Crippen molar-refractivity contribution in [2.24, 2.45) is 5.41 Å². The summed E-state index contributed by atoms with van der Waals surface area (Å²) >= 11 is 12.3. The van der Waals surface area contributed by atoms with Crippen LogP contribution in [0.4, 0.5) is 4.79 Å². The lowest BCUT2D eigenvalue weighted by Gasteiger charge is -2.43. The zero-order chi connectivity index (χ0) is 29.6. The van der Waals surface area contributed by atoms with Crippen LogP contribution < -0.4 is 10.6 Å². The van der Waals surface area contributed by atoms with Gasteiger partial charge in [0.25, 0.3) is 0 Å². The number of carbonyl (C=O) groups excluding carboxylic acids is 5. The maximum Gasteiger partial charge on any atom is 0.408 e. The third-order valence-electron chi connectivity index (χ3n) is 7.53. The minimum atomic E-state index is -1.47. The first-order valence-corrected chi connectivity index (χ1v) is 14.4. The Bertz CT molecular complexity index is 1300. The Hall–Kier alpha value is -3.43. The van der Waals surface area contributed by atoms with Crippen LogP contribution in [0.1, 0.15) is 43.7 Å². The Labute approximate surface area is 248 Å². The van der Waals surface area contributed by atoms with Crippen molar-refractivity contribution in [3.63, 3.8) is 0 Å². The molecule has 0 spiro atoms. The van der Waals surface area contributed by atoms with Crippen LogP contribution in [0.2, 0.25) is 10.0 Å². The van der Waals surface area contributed by atoms with E-state index in [4.69, 9.17) is 27.9 Å². The number of likely N-dealkylation sites (tertiary alicyclic amines) is 1. The van der Waals surface area contributed by atoms with Crippen molar-refractivity contribution in [2.45, 2.75) is 57.6 Å². The molecule has 1 unspecified atom stereocenters. The fraction of sp³-hybridized carbons (Fsp3) is 0.433. The molecule has 1 heterocycles. The Kier molecular flexibility index (Phi) is 10.0. The number of alkyl carbamates (subject to hydrolysis) is 1. The van der Waals surface area contributed by atoms with Crippen molar-refractivity contribution in [1.29, 1.82) is 0 Å². The Morgan fingerprint density at radius 3 is 2.39 bits per heavy atom. The lowest BCUT2D eigenvalue weighted by atomic mass is 9.74. The highest BCUT2D eigenvalue weighted by atomic mass is 35.5. The van der Waals surface area contributed by atoms with Crippen molar-refractivity contribution in [3.05, 3.63) is 69.7 Å². The molecule has 1 aliphatic carbocycles. The highest BCUT2D eigenvalue weighted by Crippen LogP contribution is 2.35. The van der Waals surface area contributed by atoms with Crippen LogP contribution in [-0.4, -0.2) is 66.2 Å². The van der Waals surface area contributed by atoms with E-state index in [1.54, 1.807) is 23.1 Å².